The summed E-state index contributed by atoms with van der Waals surface area (Å²) in [6.45, 7) is 4.69. The van der Waals surface area contributed by atoms with Crippen molar-refractivity contribution in [1.29, 1.82) is 0 Å². The first-order valence-corrected chi connectivity index (χ1v) is 21.2. The van der Waals surface area contributed by atoms with Gasteiger partial charge in [-0.15, -0.1) is 11.3 Å². The molecule has 1 aliphatic rings. The SMILES string of the molecule is CC1(C)c2ccccc2-c2cc(-c3ccccc3-c3ccccc3N(c3ccc(-c4ccc5c(c4)sc4ccccc45)cc3)c3cccc(-c4ccccc4)c3)ccc21. The van der Waals surface area contributed by atoms with Crippen molar-refractivity contribution in [3.63, 3.8) is 0 Å². The summed E-state index contributed by atoms with van der Waals surface area (Å²) in [5, 5.41) is 2.65. The van der Waals surface area contributed by atoms with Crippen molar-refractivity contribution in [2.75, 3.05) is 4.90 Å². The number of hydrogen-bond donors (Lipinski definition) is 0. The molecule has 1 nitrogen and oxygen atoms in total. The summed E-state index contributed by atoms with van der Waals surface area (Å²) >= 11 is 1.87. The van der Waals surface area contributed by atoms with Crippen molar-refractivity contribution >= 4 is 48.6 Å². The Morgan fingerprint density at radius 3 is 1.78 bits per heavy atom. The number of benzene rings is 9. The van der Waals surface area contributed by atoms with Gasteiger partial charge in [-0.2, -0.15) is 0 Å². The van der Waals surface area contributed by atoms with Gasteiger partial charge in [0, 0.05) is 42.5 Å². The molecule has 0 N–H and O–H groups in total. The van der Waals surface area contributed by atoms with Gasteiger partial charge >= 0.3 is 0 Å². The van der Waals surface area contributed by atoms with Crippen LogP contribution in [0.3, 0.4) is 0 Å². The van der Waals surface area contributed by atoms with Gasteiger partial charge in [0.2, 0.25) is 0 Å². The molecule has 1 aromatic heterocycles. The van der Waals surface area contributed by atoms with Crippen molar-refractivity contribution in [2.24, 2.45) is 0 Å². The van der Waals surface area contributed by atoms with E-state index in [0.29, 0.717) is 0 Å². The Hall–Kier alpha value is -7.00. The number of thiophene rings is 1. The van der Waals surface area contributed by atoms with Crippen LogP contribution in [0.25, 0.3) is 75.8 Å². The number of hydrogen-bond acceptors (Lipinski definition) is 2. The van der Waals surface area contributed by atoms with Gasteiger partial charge in [0.25, 0.3) is 0 Å². The molecule has 0 fully saturated rings. The van der Waals surface area contributed by atoms with E-state index < -0.39 is 0 Å². The summed E-state index contributed by atoms with van der Waals surface area (Å²) in [4.78, 5) is 2.43. The lowest BCUT2D eigenvalue weighted by Gasteiger charge is -2.29. The molecule has 10 aromatic rings. The molecule has 2 heteroatoms. The first-order chi connectivity index (χ1) is 29.0. The average molecular weight is 772 g/mol. The highest BCUT2D eigenvalue weighted by Crippen LogP contribution is 2.51. The van der Waals surface area contributed by atoms with Crippen LogP contribution >= 0.6 is 11.3 Å². The standard InChI is InChI=1S/C57H41NS/c1-57(2)52-24-11-8-21-47(52)51-36-42(30-34-53(51)57)45-19-6-7-20-46(45)48-22-9-12-25-54(48)58(44-18-14-17-40(35-44)38-15-4-3-5-16-38)43-31-27-39(28-32-43)41-29-33-50-49-23-10-13-26-55(49)59-56(50)37-41/h3-37H,1-2H3. The Bertz CT molecular complexity index is 3190. The van der Waals surface area contributed by atoms with E-state index >= 15 is 0 Å². The maximum atomic E-state index is 2.43. The number of para-hydroxylation sites is 1. The molecule has 1 heterocycles. The predicted molar refractivity (Wildman–Crippen MR) is 253 cm³/mol. The number of rotatable bonds is 7. The summed E-state index contributed by atoms with van der Waals surface area (Å²) in [5.74, 6) is 0. The van der Waals surface area contributed by atoms with Gasteiger partial charge in [-0.3, -0.25) is 0 Å². The minimum atomic E-state index is -0.0354. The van der Waals surface area contributed by atoms with Gasteiger partial charge in [0.05, 0.1) is 5.69 Å². The minimum Gasteiger partial charge on any atom is -0.310 e. The lowest BCUT2D eigenvalue weighted by Crippen LogP contribution is -2.14. The summed E-state index contributed by atoms with van der Waals surface area (Å²) in [5.41, 5.74) is 18.4. The van der Waals surface area contributed by atoms with Gasteiger partial charge in [-0.05, 0) is 110 Å². The predicted octanol–water partition coefficient (Wildman–Crippen LogP) is 16.5. The molecule has 9 aromatic carbocycles. The maximum Gasteiger partial charge on any atom is 0.0540 e. The van der Waals surface area contributed by atoms with Crippen molar-refractivity contribution < 1.29 is 0 Å². The first kappa shape index (κ1) is 35.2. The van der Waals surface area contributed by atoms with E-state index in [1.165, 1.54) is 86.9 Å². The molecule has 1 aliphatic carbocycles. The molecular formula is C57H41NS. The van der Waals surface area contributed by atoms with Crippen molar-refractivity contribution in [1.82, 2.24) is 0 Å². The molecule has 0 bridgehead atoms. The highest BCUT2D eigenvalue weighted by atomic mass is 32.1. The Morgan fingerprint density at radius 2 is 0.932 bits per heavy atom. The van der Waals surface area contributed by atoms with Crippen LogP contribution in [-0.2, 0) is 5.41 Å². The van der Waals surface area contributed by atoms with E-state index in [0.717, 1.165) is 17.1 Å². The third-order valence-corrected chi connectivity index (χ3v) is 13.4. The third kappa shape index (κ3) is 5.99. The molecule has 0 radical (unpaired) electrons. The fraction of sp³-hybridized carbons (Fsp3) is 0.0526. The molecule has 0 saturated carbocycles. The van der Waals surface area contributed by atoms with Crippen LogP contribution in [0.4, 0.5) is 17.1 Å². The number of fused-ring (bicyclic) bond motifs is 6. The van der Waals surface area contributed by atoms with E-state index in [1.807, 2.05) is 11.3 Å². The minimum absolute atomic E-state index is 0.0354. The highest BCUT2D eigenvalue weighted by molar-refractivity contribution is 7.25. The second-order valence-electron chi connectivity index (χ2n) is 16.1. The fourth-order valence-corrected chi connectivity index (χ4v) is 10.5. The van der Waals surface area contributed by atoms with Gasteiger partial charge in [0.1, 0.15) is 0 Å². The molecule has 0 unspecified atom stereocenters. The smallest absolute Gasteiger partial charge is 0.0540 e. The first-order valence-electron chi connectivity index (χ1n) is 20.4. The van der Waals surface area contributed by atoms with E-state index in [9.17, 15) is 0 Å². The number of nitrogens with zero attached hydrogens (tertiary/aromatic N) is 1. The summed E-state index contributed by atoms with van der Waals surface area (Å²) in [6.07, 6.45) is 0. The second-order valence-corrected chi connectivity index (χ2v) is 17.2. The van der Waals surface area contributed by atoms with Crippen LogP contribution in [0.1, 0.15) is 25.0 Å². The van der Waals surface area contributed by atoms with Crippen LogP contribution in [-0.4, -0.2) is 0 Å². The van der Waals surface area contributed by atoms with E-state index in [1.54, 1.807) is 0 Å². The van der Waals surface area contributed by atoms with Gasteiger partial charge < -0.3 is 4.90 Å². The second kappa shape index (κ2) is 14.1. The summed E-state index contributed by atoms with van der Waals surface area (Å²) in [7, 11) is 0. The maximum absolute atomic E-state index is 2.43. The molecule has 59 heavy (non-hydrogen) atoms. The largest absolute Gasteiger partial charge is 0.310 e. The monoisotopic (exact) mass is 771 g/mol. The van der Waals surface area contributed by atoms with Crippen LogP contribution in [0.15, 0.2) is 212 Å². The van der Waals surface area contributed by atoms with E-state index in [4.69, 9.17) is 0 Å². The van der Waals surface area contributed by atoms with Gasteiger partial charge in [0.15, 0.2) is 0 Å². The molecule has 0 amide bonds. The topological polar surface area (TPSA) is 3.24 Å². The van der Waals surface area contributed by atoms with Crippen LogP contribution in [0.5, 0.6) is 0 Å². The van der Waals surface area contributed by atoms with Gasteiger partial charge in [-0.1, -0.05) is 178 Å². The van der Waals surface area contributed by atoms with Crippen molar-refractivity contribution in [3.05, 3.63) is 223 Å². The van der Waals surface area contributed by atoms with Gasteiger partial charge in [-0.25, -0.2) is 0 Å². The zero-order valence-electron chi connectivity index (χ0n) is 33.1. The lowest BCUT2D eigenvalue weighted by atomic mass is 9.82. The van der Waals surface area contributed by atoms with Crippen molar-refractivity contribution in [2.45, 2.75) is 19.3 Å². The molecule has 11 rings (SSSR count). The summed E-state index contributed by atoms with van der Waals surface area (Å²) in [6, 6.07) is 78.1. The molecular weight excluding hydrogens is 731 g/mol. The Labute approximate surface area is 350 Å². The lowest BCUT2D eigenvalue weighted by molar-refractivity contribution is 0.660. The molecule has 0 spiro atoms. The third-order valence-electron chi connectivity index (χ3n) is 12.3. The Morgan fingerprint density at radius 1 is 0.339 bits per heavy atom. The Balaban J connectivity index is 1.05. The normalized spacial score (nSPS) is 12.7. The zero-order chi connectivity index (χ0) is 39.5. The fourth-order valence-electron chi connectivity index (χ4n) is 9.34. The van der Waals surface area contributed by atoms with E-state index in [2.05, 4.69) is 231 Å². The molecule has 280 valence electrons. The van der Waals surface area contributed by atoms with Crippen LogP contribution in [0, 0.1) is 0 Å². The summed E-state index contributed by atoms with van der Waals surface area (Å²) < 4.78 is 2.64. The van der Waals surface area contributed by atoms with Crippen LogP contribution in [0.2, 0.25) is 0 Å². The average Bonchev–Trinajstić information content (AvgIpc) is 3.78. The molecule has 0 atom stereocenters. The molecule has 0 aliphatic heterocycles. The highest BCUT2D eigenvalue weighted by Gasteiger charge is 2.35. The van der Waals surface area contributed by atoms with Crippen LogP contribution < -0.4 is 4.90 Å². The van der Waals surface area contributed by atoms with Crippen molar-refractivity contribution in [3.8, 4) is 55.6 Å². The van der Waals surface area contributed by atoms with E-state index in [-0.39, 0.29) is 5.41 Å². The number of anilines is 3. The molecule has 0 saturated heterocycles. The Kier molecular flexibility index (Phi) is 8.43. The zero-order valence-corrected chi connectivity index (χ0v) is 33.9. The quantitative estimate of drug-likeness (QED) is 0.156.